The molecule has 4 heteroatoms. The van der Waals surface area contributed by atoms with E-state index >= 15 is 0 Å². The van der Waals surface area contributed by atoms with Crippen molar-refractivity contribution in [3.8, 4) is 11.4 Å². The topological polar surface area (TPSA) is 30.2 Å². The molecule has 1 aromatic carbocycles. The number of benzene rings is 1. The van der Waals surface area contributed by atoms with Gasteiger partial charge in [-0.3, -0.25) is 4.40 Å². The van der Waals surface area contributed by atoms with Crippen LogP contribution in [-0.4, -0.2) is 14.6 Å². The molecular formula is C13H10FN3. The van der Waals surface area contributed by atoms with Crippen LogP contribution in [0.4, 0.5) is 4.39 Å². The minimum absolute atomic E-state index is 0.289. The van der Waals surface area contributed by atoms with E-state index in [2.05, 4.69) is 10.2 Å². The van der Waals surface area contributed by atoms with Crippen molar-refractivity contribution in [3.63, 3.8) is 0 Å². The Hall–Kier alpha value is -2.23. The molecule has 0 saturated carbocycles. The first-order chi connectivity index (χ1) is 8.25. The highest BCUT2D eigenvalue weighted by Crippen LogP contribution is 2.21. The molecule has 0 saturated heterocycles. The van der Waals surface area contributed by atoms with E-state index in [4.69, 9.17) is 0 Å². The smallest absolute Gasteiger partial charge is 0.171 e. The van der Waals surface area contributed by atoms with Gasteiger partial charge in [0, 0.05) is 6.20 Å². The van der Waals surface area contributed by atoms with E-state index in [0.717, 1.165) is 11.2 Å². The largest absolute Gasteiger partial charge is 0.282 e. The average molecular weight is 227 g/mol. The van der Waals surface area contributed by atoms with Gasteiger partial charge in [-0.2, -0.15) is 0 Å². The van der Waals surface area contributed by atoms with Crippen LogP contribution in [0.1, 0.15) is 5.56 Å². The van der Waals surface area contributed by atoms with Crippen LogP contribution in [0.2, 0.25) is 0 Å². The number of fused-ring (bicyclic) bond motifs is 1. The molecule has 3 nitrogen and oxygen atoms in total. The Morgan fingerprint density at radius 3 is 2.76 bits per heavy atom. The molecule has 0 bridgehead atoms. The van der Waals surface area contributed by atoms with Gasteiger partial charge in [0.15, 0.2) is 11.5 Å². The molecule has 0 radical (unpaired) electrons. The van der Waals surface area contributed by atoms with Gasteiger partial charge in [0.1, 0.15) is 5.82 Å². The fourth-order valence-electron chi connectivity index (χ4n) is 1.82. The first kappa shape index (κ1) is 9.96. The Balaban J connectivity index is 2.29. The highest BCUT2D eigenvalue weighted by atomic mass is 19.1. The maximum Gasteiger partial charge on any atom is 0.171 e. The SMILES string of the molecule is Cc1ccn2c(-c3ccccc3F)nnc2c1. The van der Waals surface area contributed by atoms with Crippen molar-refractivity contribution in [3.05, 3.63) is 54.0 Å². The van der Waals surface area contributed by atoms with Crippen molar-refractivity contribution in [1.82, 2.24) is 14.6 Å². The van der Waals surface area contributed by atoms with Crippen molar-refractivity contribution in [2.75, 3.05) is 0 Å². The van der Waals surface area contributed by atoms with Crippen molar-refractivity contribution >= 4 is 5.65 Å². The number of hydrogen-bond acceptors (Lipinski definition) is 2. The first-order valence-corrected chi connectivity index (χ1v) is 5.32. The molecule has 0 unspecified atom stereocenters. The number of pyridine rings is 1. The fourth-order valence-corrected chi connectivity index (χ4v) is 1.82. The van der Waals surface area contributed by atoms with Crippen LogP contribution >= 0.6 is 0 Å². The fraction of sp³-hybridized carbons (Fsp3) is 0.0769. The Morgan fingerprint density at radius 2 is 1.94 bits per heavy atom. The molecule has 0 atom stereocenters. The molecule has 2 heterocycles. The van der Waals surface area contributed by atoms with Gasteiger partial charge in [-0.15, -0.1) is 10.2 Å². The minimum atomic E-state index is -0.289. The molecule has 0 aliphatic heterocycles. The standard InChI is InChI=1S/C13H10FN3/c1-9-6-7-17-12(8-9)15-16-13(17)10-4-2-3-5-11(10)14/h2-8H,1H3. The lowest BCUT2D eigenvalue weighted by molar-refractivity contribution is 0.629. The molecule has 0 aliphatic rings. The van der Waals surface area contributed by atoms with E-state index in [-0.39, 0.29) is 5.82 Å². The van der Waals surface area contributed by atoms with E-state index in [1.165, 1.54) is 6.07 Å². The zero-order chi connectivity index (χ0) is 11.8. The third-order valence-electron chi connectivity index (χ3n) is 2.68. The number of aryl methyl sites for hydroxylation is 1. The van der Waals surface area contributed by atoms with E-state index < -0.39 is 0 Å². The van der Waals surface area contributed by atoms with E-state index in [9.17, 15) is 4.39 Å². The molecule has 84 valence electrons. The van der Waals surface area contributed by atoms with Gasteiger partial charge in [-0.05, 0) is 36.8 Å². The Morgan fingerprint density at radius 1 is 1.12 bits per heavy atom. The maximum absolute atomic E-state index is 13.7. The number of halogens is 1. The van der Waals surface area contributed by atoms with Crippen LogP contribution in [0.25, 0.3) is 17.0 Å². The summed E-state index contributed by atoms with van der Waals surface area (Å²) in [4.78, 5) is 0. The number of nitrogens with zero attached hydrogens (tertiary/aromatic N) is 3. The minimum Gasteiger partial charge on any atom is -0.282 e. The molecule has 0 fully saturated rings. The summed E-state index contributed by atoms with van der Waals surface area (Å²) in [7, 11) is 0. The molecular weight excluding hydrogens is 217 g/mol. The highest BCUT2D eigenvalue weighted by molar-refractivity contribution is 5.60. The lowest BCUT2D eigenvalue weighted by Gasteiger charge is -2.01. The summed E-state index contributed by atoms with van der Waals surface area (Å²) in [5.74, 6) is 0.237. The molecule has 0 aliphatic carbocycles. The summed E-state index contributed by atoms with van der Waals surface area (Å²) in [6.45, 7) is 1.98. The first-order valence-electron chi connectivity index (χ1n) is 5.32. The maximum atomic E-state index is 13.7. The van der Waals surface area contributed by atoms with Crippen LogP contribution in [0.3, 0.4) is 0 Å². The summed E-state index contributed by atoms with van der Waals surface area (Å²) in [5, 5.41) is 8.08. The second-order valence-electron chi connectivity index (χ2n) is 3.94. The second kappa shape index (κ2) is 3.66. The van der Waals surface area contributed by atoms with Gasteiger partial charge in [-0.1, -0.05) is 12.1 Å². The van der Waals surface area contributed by atoms with Crippen LogP contribution in [0.5, 0.6) is 0 Å². The van der Waals surface area contributed by atoms with Crippen LogP contribution < -0.4 is 0 Å². The summed E-state index contributed by atoms with van der Waals surface area (Å²) in [6, 6.07) is 10.4. The monoisotopic (exact) mass is 227 g/mol. The van der Waals surface area contributed by atoms with Crippen molar-refractivity contribution < 1.29 is 4.39 Å². The van der Waals surface area contributed by atoms with Gasteiger partial charge in [0.2, 0.25) is 0 Å². The zero-order valence-corrected chi connectivity index (χ0v) is 9.26. The number of rotatable bonds is 1. The van der Waals surface area contributed by atoms with Crippen molar-refractivity contribution in [2.24, 2.45) is 0 Å². The van der Waals surface area contributed by atoms with Crippen LogP contribution in [0, 0.1) is 12.7 Å². The van der Waals surface area contributed by atoms with Crippen LogP contribution in [-0.2, 0) is 0 Å². The van der Waals surface area contributed by atoms with Gasteiger partial charge in [0.05, 0.1) is 5.56 Å². The van der Waals surface area contributed by atoms with Crippen molar-refractivity contribution in [2.45, 2.75) is 6.92 Å². The van der Waals surface area contributed by atoms with E-state index in [1.54, 1.807) is 22.6 Å². The quantitative estimate of drug-likeness (QED) is 0.640. The zero-order valence-electron chi connectivity index (χ0n) is 9.26. The summed E-state index contributed by atoms with van der Waals surface area (Å²) in [6.07, 6.45) is 1.85. The molecule has 0 amide bonds. The molecule has 17 heavy (non-hydrogen) atoms. The summed E-state index contributed by atoms with van der Waals surface area (Å²) in [5.41, 5.74) is 2.29. The van der Waals surface area contributed by atoms with E-state index in [1.807, 2.05) is 25.3 Å². The Kier molecular flexibility index (Phi) is 2.14. The number of aromatic nitrogens is 3. The molecule has 3 rings (SSSR count). The lowest BCUT2D eigenvalue weighted by atomic mass is 10.2. The predicted molar refractivity (Wildman–Crippen MR) is 63.1 cm³/mol. The lowest BCUT2D eigenvalue weighted by Crippen LogP contribution is -1.92. The normalized spacial score (nSPS) is 10.9. The predicted octanol–water partition coefficient (Wildman–Crippen LogP) is 2.84. The molecule has 3 aromatic rings. The Bertz CT molecular complexity index is 688. The van der Waals surface area contributed by atoms with Crippen LogP contribution in [0.15, 0.2) is 42.6 Å². The highest BCUT2D eigenvalue weighted by Gasteiger charge is 2.11. The van der Waals surface area contributed by atoms with Gasteiger partial charge >= 0.3 is 0 Å². The van der Waals surface area contributed by atoms with Gasteiger partial charge in [-0.25, -0.2) is 4.39 Å². The summed E-state index contributed by atoms with van der Waals surface area (Å²) >= 11 is 0. The summed E-state index contributed by atoms with van der Waals surface area (Å²) < 4.78 is 15.5. The Labute approximate surface area is 97.5 Å². The van der Waals surface area contributed by atoms with E-state index in [0.29, 0.717) is 11.4 Å². The third kappa shape index (κ3) is 1.58. The molecule has 0 spiro atoms. The van der Waals surface area contributed by atoms with Gasteiger partial charge in [0.25, 0.3) is 0 Å². The second-order valence-corrected chi connectivity index (χ2v) is 3.94. The molecule has 2 aromatic heterocycles. The van der Waals surface area contributed by atoms with Gasteiger partial charge < -0.3 is 0 Å². The third-order valence-corrected chi connectivity index (χ3v) is 2.68. The average Bonchev–Trinajstić information content (AvgIpc) is 2.72. The number of hydrogen-bond donors (Lipinski definition) is 0. The van der Waals surface area contributed by atoms with Crippen molar-refractivity contribution in [1.29, 1.82) is 0 Å². The molecule has 0 N–H and O–H groups in total.